The van der Waals surface area contributed by atoms with Gasteiger partial charge in [0.25, 0.3) is 0 Å². The van der Waals surface area contributed by atoms with Crippen LogP contribution in [0.1, 0.15) is 11.1 Å². The quantitative estimate of drug-likeness (QED) is 0.567. The van der Waals surface area contributed by atoms with E-state index in [1.807, 2.05) is 0 Å². The maximum Gasteiger partial charge on any atom is 0.0458 e. The molecule has 1 aromatic carbocycles. The lowest BCUT2D eigenvalue weighted by molar-refractivity contribution is -0.305. The molecule has 0 aliphatic heterocycles. The highest BCUT2D eigenvalue weighted by atomic mass is 16.4. The predicted octanol–water partition coefficient (Wildman–Crippen LogP) is -1.73. The van der Waals surface area contributed by atoms with Crippen LogP contribution in [0, 0.1) is 0 Å². The minimum atomic E-state index is -1.18. The fourth-order valence-electron chi connectivity index (χ4n) is 1.18. The third kappa shape index (κ3) is 3.26. The highest BCUT2D eigenvalue weighted by Gasteiger charge is 1.97. The molecule has 14 heavy (non-hydrogen) atoms. The molecule has 0 spiro atoms. The lowest BCUT2D eigenvalue weighted by Gasteiger charge is -2.06. The molecule has 0 radical (unpaired) electrons. The largest absolute Gasteiger partial charge is 0.550 e. The van der Waals surface area contributed by atoms with Crippen molar-refractivity contribution in [2.45, 2.75) is 12.8 Å². The molecular formula is C10H8O4-2. The fourth-order valence-corrected chi connectivity index (χ4v) is 1.18. The first kappa shape index (κ1) is 10.2. The van der Waals surface area contributed by atoms with Crippen LogP contribution in [0.25, 0.3) is 0 Å². The van der Waals surface area contributed by atoms with Crippen molar-refractivity contribution in [2.24, 2.45) is 0 Å². The van der Waals surface area contributed by atoms with Crippen LogP contribution in [0.4, 0.5) is 0 Å². The second kappa shape index (κ2) is 4.41. The van der Waals surface area contributed by atoms with E-state index in [2.05, 4.69) is 0 Å². The van der Waals surface area contributed by atoms with Gasteiger partial charge in [0.2, 0.25) is 0 Å². The van der Waals surface area contributed by atoms with Gasteiger partial charge in [0, 0.05) is 24.8 Å². The molecular weight excluding hydrogens is 184 g/mol. The van der Waals surface area contributed by atoms with Crippen molar-refractivity contribution in [1.29, 1.82) is 0 Å². The van der Waals surface area contributed by atoms with Crippen LogP contribution in [0.15, 0.2) is 24.3 Å². The van der Waals surface area contributed by atoms with Gasteiger partial charge in [-0.2, -0.15) is 0 Å². The molecule has 1 aromatic rings. The summed E-state index contributed by atoms with van der Waals surface area (Å²) in [6, 6.07) is 6.34. The second-order valence-electron chi connectivity index (χ2n) is 2.92. The van der Waals surface area contributed by atoms with Crippen molar-refractivity contribution in [3.63, 3.8) is 0 Å². The van der Waals surface area contributed by atoms with Crippen LogP contribution >= 0.6 is 0 Å². The summed E-state index contributed by atoms with van der Waals surface area (Å²) in [4.78, 5) is 20.5. The first-order valence-electron chi connectivity index (χ1n) is 4.05. The smallest absolute Gasteiger partial charge is 0.0458 e. The molecule has 1 rings (SSSR count). The van der Waals surface area contributed by atoms with E-state index in [1.54, 1.807) is 18.2 Å². The lowest BCUT2D eigenvalue weighted by atomic mass is 10.1. The van der Waals surface area contributed by atoms with E-state index in [9.17, 15) is 19.8 Å². The van der Waals surface area contributed by atoms with E-state index in [0.29, 0.717) is 11.1 Å². The Kier molecular flexibility index (Phi) is 3.23. The molecule has 74 valence electrons. The summed E-state index contributed by atoms with van der Waals surface area (Å²) in [7, 11) is 0. The van der Waals surface area contributed by atoms with Gasteiger partial charge in [-0.05, 0) is 11.1 Å². The number of hydrogen-bond donors (Lipinski definition) is 0. The van der Waals surface area contributed by atoms with Gasteiger partial charge in [0.15, 0.2) is 0 Å². The molecule has 0 heterocycles. The molecule has 0 amide bonds. The van der Waals surface area contributed by atoms with E-state index in [4.69, 9.17) is 0 Å². The molecule has 0 aliphatic rings. The van der Waals surface area contributed by atoms with Crippen LogP contribution in [0.2, 0.25) is 0 Å². The summed E-state index contributed by atoms with van der Waals surface area (Å²) in [6.07, 6.45) is -0.415. The minimum Gasteiger partial charge on any atom is -0.550 e. The van der Waals surface area contributed by atoms with Crippen molar-refractivity contribution in [2.75, 3.05) is 0 Å². The predicted molar refractivity (Wildman–Crippen MR) is 43.9 cm³/mol. The van der Waals surface area contributed by atoms with Crippen LogP contribution in [-0.2, 0) is 22.4 Å². The molecule has 0 N–H and O–H groups in total. The average Bonchev–Trinajstić information content (AvgIpc) is 2.01. The molecule has 0 aromatic heterocycles. The van der Waals surface area contributed by atoms with Crippen molar-refractivity contribution in [3.05, 3.63) is 35.4 Å². The summed E-state index contributed by atoms with van der Waals surface area (Å²) in [5, 5.41) is 20.5. The summed E-state index contributed by atoms with van der Waals surface area (Å²) in [5.74, 6) is -2.37. The van der Waals surface area contributed by atoms with Crippen molar-refractivity contribution >= 4 is 11.9 Å². The number of rotatable bonds is 4. The Hall–Kier alpha value is -1.84. The Morgan fingerprint density at radius 1 is 1.00 bits per heavy atom. The summed E-state index contributed by atoms with van der Waals surface area (Å²) in [5.41, 5.74) is 1.06. The maximum atomic E-state index is 10.3. The Morgan fingerprint density at radius 2 is 1.43 bits per heavy atom. The first-order chi connectivity index (χ1) is 6.58. The van der Waals surface area contributed by atoms with E-state index < -0.39 is 11.9 Å². The third-order valence-corrected chi connectivity index (χ3v) is 1.69. The minimum absolute atomic E-state index is 0.207. The lowest BCUT2D eigenvalue weighted by Crippen LogP contribution is -2.25. The van der Waals surface area contributed by atoms with Gasteiger partial charge >= 0.3 is 0 Å². The normalized spacial score (nSPS) is 9.71. The number of carboxylic acids is 2. The van der Waals surface area contributed by atoms with Gasteiger partial charge in [-0.15, -0.1) is 0 Å². The Labute approximate surface area is 80.8 Å². The van der Waals surface area contributed by atoms with E-state index in [1.165, 1.54) is 6.07 Å². The third-order valence-electron chi connectivity index (χ3n) is 1.69. The Morgan fingerprint density at radius 3 is 1.79 bits per heavy atom. The van der Waals surface area contributed by atoms with Gasteiger partial charge in [-0.25, -0.2) is 0 Å². The molecule has 0 unspecified atom stereocenters. The first-order valence-corrected chi connectivity index (χ1v) is 4.05. The van der Waals surface area contributed by atoms with Crippen LogP contribution in [0.3, 0.4) is 0 Å². The van der Waals surface area contributed by atoms with Gasteiger partial charge < -0.3 is 19.8 Å². The Bertz CT molecular complexity index is 326. The van der Waals surface area contributed by atoms with E-state index >= 15 is 0 Å². The number of carbonyl (C=O) groups is 2. The number of carbonyl (C=O) groups excluding carboxylic acids is 2. The second-order valence-corrected chi connectivity index (χ2v) is 2.92. The number of carboxylic acid groups (broad SMARTS) is 2. The van der Waals surface area contributed by atoms with Crippen molar-refractivity contribution in [3.8, 4) is 0 Å². The molecule has 4 heteroatoms. The fraction of sp³-hybridized carbons (Fsp3) is 0.200. The summed E-state index contributed by atoms with van der Waals surface area (Å²) >= 11 is 0. The molecule has 4 nitrogen and oxygen atoms in total. The zero-order valence-corrected chi connectivity index (χ0v) is 7.36. The summed E-state index contributed by atoms with van der Waals surface area (Å²) < 4.78 is 0. The standard InChI is InChI=1S/C10H10O4/c11-9(12)5-7-2-1-3-8(4-7)6-10(13)14/h1-4H,5-6H2,(H,11,12)(H,13,14)/p-2. The molecule has 0 fully saturated rings. The SMILES string of the molecule is O=C([O-])Cc1cccc(CC(=O)[O-])c1. The number of benzene rings is 1. The van der Waals surface area contributed by atoms with Gasteiger partial charge in [0.05, 0.1) is 0 Å². The zero-order valence-electron chi connectivity index (χ0n) is 7.36. The molecule has 0 saturated heterocycles. The molecule has 0 saturated carbocycles. The maximum absolute atomic E-state index is 10.3. The molecule has 0 aliphatic carbocycles. The Balaban J connectivity index is 2.78. The average molecular weight is 192 g/mol. The van der Waals surface area contributed by atoms with Gasteiger partial charge in [0.1, 0.15) is 0 Å². The van der Waals surface area contributed by atoms with E-state index in [-0.39, 0.29) is 12.8 Å². The topological polar surface area (TPSA) is 80.3 Å². The van der Waals surface area contributed by atoms with Crippen LogP contribution in [0.5, 0.6) is 0 Å². The monoisotopic (exact) mass is 192 g/mol. The van der Waals surface area contributed by atoms with Crippen molar-refractivity contribution < 1.29 is 19.8 Å². The number of aliphatic carboxylic acids is 2. The van der Waals surface area contributed by atoms with Crippen LogP contribution in [-0.4, -0.2) is 11.9 Å². The number of hydrogen-bond acceptors (Lipinski definition) is 4. The summed E-state index contributed by atoms with van der Waals surface area (Å²) in [6.45, 7) is 0. The van der Waals surface area contributed by atoms with E-state index in [0.717, 1.165) is 0 Å². The highest BCUT2D eigenvalue weighted by molar-refractivity contribution is 5.69. The van der Waals surface area contributed by atoms with Gasteiger partial charge in [-0.3, -0.25) is 0 Å². The molecule has 0 atom stereocenters. The zero-order chi connectivity index (χ0) is 10.6. The van der Waals surface area contributed by atoms with Gasteiger partial charge in [-0.1, -0.05) is 24.3 Å². The van der Waals surface area contributed by atoms with Crippen LogP contribution < -0.4 is 10.2 Å². The molecule has 0 bridgehead atoms. The highest BCUT2D eigenvalue weighted by Crippen LogP contribution is 2.06. The van der Waals surface area contributed by atoms with Crippen molar-refractivity contribution in [1.82, 2.24) is 0 Å².